The summed E-state index contributed by atoms with van der Waals surface area (Å²) < 4.78 is 0. The minimum absolute atomic E-state index is 0.762. The minimum atomic E-state index is 0.762. The molecule has 4 rings (SSSR count). The molecule has 2 heteroatoms. The molecule has 17 heavy (non-hydrogen) atoms. The Morgan fingerprint density at radius 3 is 2.71 bits per heavy atom. The third-order valence-corrected chi connectivity index (χ3v) is 4.84. The van der Waals surface area contributed by atoms with Crippen molar-refractivity contribution in [2.75, 3.05) is 13.1 Å². The highest BCUT2D eigenvalue weighted by Gasteiger charge is 2.46. The summed E-state index contributed by atoms with van der Waals surface area (Å²) >= 11 is 0. The second kappa shape index (κ2) is 3.56. The second-order valence-corrected chi connectivity index (χ2v) is 6.21. The van der Waals surface area contributed by atoms with Crippen LogP contribution in [0.5, 0.6) is 0 Å². The summed E-state index contributed by atoms with van der Waals surface area (Å²) in [6.07, 6.45) is 4.44. The molecule has 0 atom stereocenters. The van der Waals surface area contributed by atoms with Crippen LogP contribution in [-0.4, -0.2) is 18.0 Å². The van der Waals surface area contributed by atoms with E-state index in [1.54, 1.807) is 0 Å². The molecule has 0 aromatic heterocycles. The van der Waals surface area contributed by atoms with E-state index in [9.17, 15) is 0 Å². The van der Waals surface area contributed by atoms with Gasteiger partial charge >= 0.3 is 0 Å². The Bertz CT molecular complexity index is 440. The average molecular weight is 228 g/mol. The van der Waals surface area contributed by atoms with Gasteiger partial charge in [0.15, 0.2) is 0 Å². The Labute approximate surface area is 103 Å². The largest absolute Gasteiger partial charge is 0.309 e. The van der Waals surface area contributed by atoms with E-state index in [4.69, 9.17) is 0 Å². The van der Waals surface area contributed by atoms with Gasteiger partial charge in [-0.05, 0) is 34.9 Å². The van der Waals surface area contributed by atoms with E-state index in [1.165, 1.54) is 49.0 Å². The Kier molecular flexibility index (Phi) is 2.12. The van der Waals surface area contributed by atoms with E-state index < -0.39 is 0 Å². The first kappa shape index (κ1) is 10.1. The lowest BCUT2D eigenvalue weighted by Crippen LogP contribution is -2.58. The van der Waals surface area contributed by atoms with E-state index in [2.05, 4.69) is 28.4 Å². The third kappa shape index (κ3) is 1.62. The van der Waals surface area contributed by atoms with Crippen molar-refractivity contribution in [3.05, 3.63) is 34.9 Å². The van der Waals surface area contributed by atoms with Gasteiger partial charge < -0.3 is 5.32 Å². The molecular formula is C15H20N2. The summed E-state index contributed by atoms with van der Waals surface area (Å²) in [6.45, 7) is 5.98. The summed E-state index contributed by atoms with van der Waals surface area (Å²) in [5.74, 6) is 0. The molecule has 2 fully saturated rings. The molecule has 1 saturated heterocycles. The van der Waals surface area contributed by atoms with Crippen LogP contribution in [0.2, 0.25) is 0 Å². The monoisotopic (exact) mass is 228 g/mol. The Balaban J connectivity index is 1.43. The SMILES string of the molecule is c1cc2c(cc1CN1CC3(CCC3)C1)CNC2. The first-order valence-corrected chi connectivity index (χ1v) is 6.87. The van der Waals surface area contributed by atoms with Gasteiger partial charge in [0.05, 0.1) is 0 Å². The zero-order chi connectivity index (χ0) is 11.3. The van der Waals surface area contributed by atoms with Crippen LogP contribution in [-0.2, 0) is 19.6 Å². The van der Waals surface area contributed by atoms with Crippen LogP contribution < -0.4 is 5.32 Å². The molecule has 1 aliphatic carbocycles. The molecule has 1 aromatic rings. The van der Waals surface area contributed by atoms with E-state index in [0.29, 0.717) is 0 Å². The van der Waals surface area contributed by atoms with Crippen LogP contribution in [0, 0.1) is 5.41 Å². The van der Waals surface area contributed by atoms with Crippen molar-refractivity contribution >= 4 is 0 Å². The number of fused-ring (bicyclic) bond motifs is 1. The van der Waals surface area contributed by atoms with Crippen molar-refractivity contribution in [2.24, 2.45) is 5.41 Å². The van der Waals surface area contributed by atoms with Gasteiger partial charge in [-0.15, -0.1) is 0 Å². The molecule has 1 aromatic carbocycles. The number of hydrogen-bond acceptors (Lipinski definition) is 2. The highest BCUT2D eigenvalue weighted by atomic mass is 15.2. The first-order chi connectivity index (χ1) is 8.33. The number of benzene rings is 1. The third-order valence-electron chi connectivity index (χ3n) is 4.84. The second-order valence-electron chi connectivity index (χ2n) is 6.21. The van der Waals surface area contributed by atoms with Crippen molar-refractivity contribution in [1.82, 2.24) is 10.2 Å². The fourth-order valence-electron chi connectivity index (χ4n) is 3.71. The summed E-state index contributed by atoms with van der Waals surface area (Å²) in [5, 5.41) is 3.41. The molecule has 2 aliphatic heterocycles. The number of rotatable bonds is 2. The fraction of sp³-hybridized carbons (Fsp3) is 0.600. The zero-order valence-corrected chi connectivity index (χ0v) is 10.3. The van der Waals surface area contributed by atoms with Crippen molar-refractivity contribution in [3.63, 3.8) is 0 Å². The van der Waals surface area contributed by atoms with Gasteiger partial charge in [0.25, 0.3) is 0 Å². The maximum Gasteiger partial charge on any atom is 0.0234 e. The lowest BCUT2D eigenvalue weighted by Gasteiger charge is -2.56. The Morgan fingerprint density at radius 1 is 1.12 bits per heavy atom. The van der Waals surface area contributed by atoms with Gasteiger partial charge in [0.2, 0.25) is 0 Å². The van der Waals surface area contributed by atoms with Crippen LogP contribution >= 0.6 is 0 Å². The molecule has 3 aliphatic rings. The zero-order valence-electron chi connectivity index (χ0n) is 10.3. The molecule has 0 bridgehead atoms. The van der Waals surface area contributed by atoms with Gasteiger partial charge in [-0.1, -0.05) is 24.6 Å². The summed E-state index contributed by atoms with van der Waals surface area (Å²) in [4.78, 5) is 2.61. The molecular weight excluding hydrogens is 208 g/mol. The van der Waals surface area contributed by atoms with E-state index in [-0.39, 0.29) is 0 Å². The average Bonchev–Trinajstić information content (AvgIpc) is 2.67. The van der Waals surface area contributed by atoms with Crippen molar-refractivity contribution in [3.8, 4) is 0 Å². The van der Waals surface area contributed by atoms with Crippen LogP contribution in [0.25, 0.3) is 0 Å². The van der Waals surface area contributed by atoms with Crippen molar-refractivity contribution in [1.29, 1.82) is 0 Å². The standard InChI is InChI=1S/C15H20N2/c1-4-15(5-1)10-17(11-15)9-12-2-3-13-7-16-8-14(13)6-12/h2-3,6,16H,1,4-5,7-11H2. The highest BCUT2D eigenvalue weighted by Crippen LogP contribution is 2.48. The van der Waals surface area contributed by atoms with Gasteiger partial charge in [0.1, 0.15) is 0 Å². The quantitative estimate of drug-likeness (QED) is 0.835. The predicted octanol–water partition coefficient (Wildman–Crippen LogP) is 2.28. The molecule has 2 heterocycles. The topological polar surface area (TPSA) is 15.3 Å². The fourth-order valence-corrected chi connectivity index (χ4v) is 3.71. The van der Waals surface area contributed by atoms with Crippen LogP contribution in [0.4, 0.5) is 0 Å². The number of hydrogen-bond donors (Lipinski definition) is 1. The van der Waals surface area contributed by atoms with E-state index in [0.717, 1.165) is 25.0 Å². The van der Waals surface area contributed by atoms with Crippen LogP contribution in [0.1, 0.15) is 36.0 Å². The summed E-state index contributed by atoms with van der Waals surface area (Å²) in [5.41, 5.74) is 5.27. The molecule has 90 valence electrons. The molecule has 0 radical (unpaired) electrons. The molecule has 1 saturated carbocycles. The first-order valence-electron chi connectivity index (χ1n) is 6.87. The van der Waals surface area contributed by atoms with Gasteiger partial charge in [-0.2, -0.15) is 0 Å². The number of nitrogens with zero attached hydrogens (tertiary/aromatic N) is 1. The summed E-state index contributed by atoms with van der Waals surface area (Å²) in [6, 6.07) is 7.03. The van der Waals surface area contributed by atoms with Crippen molar-refractivity contribution < 1.29 is 0 Å². The van der Waals surface area contributed by atoms with E-state index in [1.807, 2.05) is 0 Å². The maximum absolute atomic E-state index is 3.41. The molecule has 0 unspecified atom stereocenters. The molecule has 1 N–H and O–H groups in total. The van der Waals surface area contributed by atoms with Gasteiger partial charge in [-0.25, -0.2) is 0 Å². The molecule has 2 nitrogen and oxygen atoms in total. The minimum Gasteiger partial charge on any atom is -0.309 e. The van der Waals surface area contributed by atoms with Crippen LogP contribution in [0.3, 0.4) is 0 Å². The predicted molar refractivity (Wildman–Crippen MR) is 68.5 cm³/mol. The normalized spacial score (nSPS) is 25.4. The van der Waals surface area contributed by atoms with E-state index >= 15 is 0 Å². The molecule has 0 amide bonds. The molecule has 1 spiro atoms. The summed E-state index contributed by atoms with van der Waals surface area (Å²) in [7, 11) is 0. The number of likely N-dealkylation sites (tertiary alicyclic amines) is 1. The van der Waals surface area contributed by atoms with Crippen molar-refractivity contribution in [2.45, 2.75) is 38.9 Å². The van der Waals surface area contributed by atoms with Gasteiger partial charge in [0, 0.05) is 32.7 Å². The maximum atomic E-state index is 3.41. The number of nitrogens with one attached hydrogen (secondary N) is 1. The Hall–Kier alpha value is -0.860. The lowest BCUT2D eigenvalue weighted by molar-refractivity contribution is -0.0645. The van der Waals surface area contributed by atoms with Crippen LogP contribution in [0.15, 0.2) is 18.2 Å². The lowest BCUT2D eigenvalue weighted by atomic mass is 9.63. The Morgan fingerprint density at radius 2 is 1.94 bits per heavy atom. The smallest absolute Gasteiger partial charge is 0.0234 e. The highest BCUT2D eigenvalue weighted by molar-refractivity contribution is 5.34. The van der Waals surface area contributed by atoms with Gasteiger partial charge in [-0.3, -0.25) is 4.90 Å².